The molecule has 2 aromatic heterocycles. The van der Waals surface area contributed by atoms with E-state index in [-0.39, 0.29) is 11.5 Å². The van der Waals surface area contributed by atoms with Crippen LogP contribution in [0, 0.1) is 5.92 Å². The van der Waals surface area contributed by atoms with Gasteiger partial charge in [-0.15, -0.1) is 10.2 Å². The van der Waals surface area contributed by atoms with Gasteiger partial charge in [0.2, 0.25) is 11.7 Å². The van der Waals surface area contributed by atoms with E-state index >= 15 is 0 Å². The Morgan fingerprint density at radius 1 is 1.00 bits per heavy atom. The van der Waals surface area contributed by atoms with Gasteiger partial charge in [-0.05, 0) is 36.5 Å². The second kappa shape index (κ2) is 9.77. The SMILES string of the molecule is CC(C)CCNC(=O)CCc1nnc2n(CCc3ccccc3)c(=O)c3ccccc3n12. The maximum absolute atomic E-state index is 13.2. The predicted octanol–water partition coefficient (Wildman–Crippen LogP) is 3.38. The predicted molar refractivity (Wildman–Crippen MR) is 126 cm³/mol. The second-order valence-electron chi connectivity index (χ2n) is 8.49. The fraction of sp³-hybridized carbons (Fsp3) is 0.360. The average Bonchev–Trinajstić information content (AvgIpc) is 3.22. The van der Waals surface area contributed by atoms with Crippen LogP contribution in [-0.4, -0.2) is 31.6 Å². The molecule has 0 aliphatic carbocycles. The molecule has 166 valence electrons. The third-order valence-corrected chi connectivity index (χ3v) is 5.66. The molecule has 0 aliphatic heterocycles. The number of carbonyl (C=O) groups excluding carboxylic acids is 1. The molecule has 1 N–H and O–H groups in total. The molecule has 7 heteroatoms. The summed E-state index contributed by atoms with van der Waals surface area (Å²) in [7, 11) is 0. The van der Waals surface area contributed by atoms with Crippen LogP contribution < -0.4 is 10.9 Å². The van der Waals surface area contributed by atoms with Crippen molar-refractivity contribution in [2.24, 2.45) is 5.92 Å². The van der Waals surface area contributed by atoms with Crippen molar-refractivity contribution >= 4 is 22.6 Å². The van der Waals surface area contributed by atoms with E-state index < -0.39 is 0 Å². The number of carbonyl (C=O) groups is 1. The molecule has 1 amide bonds. The molecule has 2 heterocycles. The summed E-state index contributed by atoms with van der Waals surface area (Å²) in [6.07, 6.45) is 2.46. The molecule has 4 rings (SSSR count). The molecule has 0 radical (unpaired) electrons. The number of rotatable bonds is 9. The van der Waals surface area contributed by atoms with E-state index in [0.717, 1.165) is 23.9 Å². The molecule has 7 nitrogen and oxygen atoms in total. The van der Waals surface area contributed by atoms with Crippen LogP contribution in [0.3, 0.4) is 0 Å². The minimum atomic E-state index is -0.0746. The first kappa shape index (κ1) is 21.7. The summed E-state index contributed by atoms with van der Waals surface area (Å²) in [5.41, 5.74) is 1.85. The van der Waals surface area contributed by atoms with Crippen LogP contribution in [0.1, 0.15) is 38.1 Å². The quantitative estimate of drug-likeness (QED) is 0.441. The zero-order valence-electron chi connectivity index (χ0n) is 18.6. The zero-order chi connectivity index (χ0) is 22.5. The van der Waals surface area contributed by atoms with E-state index in [1.165, 1.54) is 0 Å². The first-order chi connectivity index (χ1) is 15.5. The summed E-state index contributed by atoms with van der Waals surface area (Å²) in [6.45, 7) is 5.46. The van der Waals surface area contributed by atoms with Crippen LogP contribution in [0.2, 0.25) is 0 Å². The van der Waals surface area contributed by atoms with Gasteiger partial charge < -0.3 is 5.32 Å². The highest BCUT2D eigenvalue weighted by Crippen LogP contribution is 2.16. The smallest absolute Gasteiger partial charge is 0.262 e. The van der Waals surface area contributed by atoms with E-state index in [0.29, 0.717) is 48.8 Å². The maximum atomic E-state index is 13.2. The highest BCUT2D eigenvalue weighted by Gasteiger charge is 2.17. The number of nitrogens with one attached hydrogen (secondary N) is 1. The van der Waals surface area contributed by atoms with Crippen molar-refractivity contribution in [3.05, 3.63) is 76.3 Å². The number of aryl methyl sites for hydroxylation is 3. The molecule has 0 aliphatic rings. The van der Waals surface area contributed by atoms with Crippen molar-refractivity contribution in [3.63, 3.8) is 0 Å². The molecule has 0 saturated carbocycles. The summed E-state index contributed by atoms with van der Waals surface area (Å²) in [6, 6.07) is 17.6. The highest BCUT2D eigenvalue weighted by molar-refractivity contribution is 5.80. The van der Waals surface area contributed by atoms with Gasteiger partial charge in [0.1, 0.15) is 5.82 Å². The summed E-state index contributed by atoms with van der Waals surface area (Å²) in [5.74, 6) is 1.75. The van der Waals surface area contributed by atoms with Crippen LogP contribution in [0.25, 0.3) is 16.7 Å². The number of fused-ring (bicyclic) bond motifs is 3. The molecule has 0 unspecified atom stereocenters. The number of nitrogens with zero attached hydrogens (tertiary/aromatic N) is 4. The van der Waals surface area contributed by atoms with Crippen molar-refractivity contribution in [2.75, 3.05) is 6.54 Å². The molecule has 0 fully saturated rings. The van der Waals surface area contributed by atoms with E-state index in [4.69, 9.17) is 0 Å². The molecule has 32 heavy (non-hydrogen) atoms. The van der Waals surface area contributed by atoms with E-state index in [1.807, 2.05) is 46.9 Å². The molecule has 0 bridgehead atoms. The fourth-order valence-electron chi connectivity index (χ4n) is 3.88. The lowest BCUT2D eigenvalue weighted by Gasteiger charge is -2.12. The third-order valence-electron chi connectivity index (χ3n) is 5.66. The largest absolute Gasteiger partial charge is 0.356 e. The molecular formula is C25H29N5O2. The number of aromatic nitrogens is 4. The number of para-hydroxylation sites is 1. The minimum Gasteiger partial charge on any atom is -0.356 e. The Kier molecular flexibility index (Phi) is 6.63. The minimum absolute atomic E-state index is 0.00380. The van der Waals surface area contributed by atoms with Crippen LogP contribution >= 0.6 is 0 Å². The molecule has 0 atom stereocenters. The molecular weight excluding hydrogens is 402 g/mol. The summed E-state index contributed by atoms with van der Waals surface area (Å²) >= 11 is 0. The second-order valence-corrected chi connectivity index (χ2v) is 8.49. The van der Waals surface area contributed by atoms with Crippen LogP contribution in [0.5, 0.6) is 0 Å². The Morgan fingerprint density at radius 3 is 2.53 bits per heavy atom. The maximum Gasteiger partial charge on any atom is 0.262 e. The average molecular weight is 432 g/mol. The van der Waals surface area contributed by atoms with Crippen molar-refractivity contribution < 1.29 is 4.79 Å². The van der Waals surface area contributed by atoms with Gasteiger partial charge in [0.05, 0.1) is 10.9 Å². The van der Waals surface area contributed by atoms with E-state index in [2.05, 4.69) is 41.5 Å². The zero-order valence-corrected chi connectivity index (χ0v) is 18.6. The Balaban J connectivity index is 1.63. The number of amides is 1. The van der Waals surface area contributed by atoms with Crippen molar-refractivity contribution in [3.8, 4) is 0 Å². The first-order valence-corrected chi connectivity index (χ1v) is 11.2. The first-order valence-electron chi connectivity index (χ1n) is 11.2. The lowest BCUT2D eigenvalue weighted by atomic mass is 10.1. The van der Waals surface area contributed by atoms with Gasteiger partial charge in [-0.2, -0.15) is 0 Å². The van der Waals surface area contributed by atoms with E-state index in [9.17, 15) is 9.59 Å². The van der Waals surface area contributed by atoms with Crippen LogP contribution in [0.15, 0.2) is 59.4 Å². The molecule has 0 spiro atoms. The third kappa shape index (κ3) is 4.72. The van der Waals surface area contributed by atoms with Gasteiger partial charge in [0.25, 0.3) is 5.56 Å². The van der Waals surface area contributed by atoms with Crippen molar-refractivity contribution in [1.82, 2.24) is 24.5 Å². The molecule has 4 aromatic rings. The van der Waals surface area contributed by atoms with Crippen LogP contribution in [0.4, 0.5) is 0 Å². The monoisotopic (exact) mass is 431 g/mol. The molecule has 0 saturated heterocycles. The van der Waals surface area contributed by atoms with Crippen LogP contribution in [-0.2, 0) is 24.2 Å². The normalized spacial score (nSPS) is 11.5. The summed E-state index contributed by atoms with van der Waals surface area (Å²) in [4.78, 5) is 25.5. The number of benzene rings is 2. The number of hydrogen-bond donors (Lipinski definition) is 1. The van der Waals surface area contributed by atoms with Gasteiger partial charge >= 0.3 is 0 Å². The number of hydrogen-bond acceptors (Lipinski definition) is 4. The van der Waals surface area contributed by atoms with Gasteiger partial charge in [-0.1, -0.05) is 56.3 Å². The fourth-order valence-corrected chi connectivity index (χ4v) is 3.88. The Labute approximate surface area is 187 Å². The van der Waals surface area contributed by atoms with E-state index in [1.54, 1.807) is 4.57 Å². The standard InChI is InChI=1S/C25H29N5O2/c1-18(2)14-16-26-23(31)13-12-22-27-28-25-29(17-15-19-8-4-3-5-9-19)24(32)20-10-6-7-11-21(20)30(22)25/h3-11,18H,12-17H2,1-2H3,(H,26,31). The Hall–Kier alpha value is -3.48. The summed E-state index contributed by atoms with van der Waals surface area (Å²) in [5, 5.41) is 12.3. The van der Waals surface area contributed by atoms with Crippen molar-refractivity contribution in [1.29, 1.82) is 0 Å². The van der Waals surface area contributed by atoms with Gasteiger partial charge in [0, 0.05) is 25.9 Å². The van der Waals surface area contributed by atoms with Gasteiger partial charge in [-0.25, -0.2) is 0 Å². The van der Waals surface area contributed by atoms with Gasteiger partial charge in [-0.3, -0.25) is 18.6 Å². The lowest BCUT2D eigenvalue weighted by molar-refractivity contribution is -0.121. The van der Waals surface area contributed by atoms with Crippen molar-refractivity contribution in [2.45, 2.75) is 46.1 Å². The summed E-state index contributed by atoms with van der Waals surface area (Å²) < 4.78 is 3.61. The highest BCUT2D eigenvalue weighted by atomic mass is 16.1. The lowest BCUT2D eigenvalue weighted by Crippen LogP contribution is -2.26. The van der Waals surface area contributed by atoms with Gasteiger partial charge in [0.15, 0.2) is 0 Å². The Morgan fingerprint density at radius 2 is 1.75 bits per heavy atom. The topological polar surface area (TPSA) is 81.3 Å². The Bertz CT molecular complexity index is 1270. The molecule has 2 aromatic carbocycles.